The van der Waals surface area contributed by atoms with Gasteiger partial charge in [0.25, 0.3) is 0 Å². The number of halogens is 1. The Kier molecular flexibility index (Phi) is 11.3. The molecule has 0 amide bonds. The molecule has 3 saturated carbocycles. The van der Waals surface area contributed by atoms with Crippen LogP contribution in [0.5, 0.6) is 0 Å². The Hall–Kier alpha value is -0.600. The molecule has 32 heavy (non-hydrogen) atoms. The summed E-state index contributed by atoms with van der Waals surface area (Å²) >= 11 is 0. The van der Waals surface area contributed by atoms with E-state index >= 15 is 0 Å². The molecule has 0 heterocycles. The Morgan fingerprint density at radius 1 is 0.719 bits per heavy atom. The van der Waals surface area contributed by atoms with Gasteiger partial charge in [0.05, 0.1) is 5.92 Å². The zero-order valence-electron chi connectivity index (χ0n) is 21.2. The number of esters is 1. The molecular weight excluding hydrogens is 399 g/mol. The molecule has 0 aromatic heterocycles. The Morgan fingerprint density at radius 2 is 1.25 bits per heavy atom. The zero-order valence-corrected chi connectivity index (χ0v) is 21.2. The second-order valence-corrected chi connectivity index (χ2v) is 11.6. The van der Waals surface area contributed by atoms with Crippen molar-refractivity contribution in [3.63, 3.8) is 0 Å². The third-order valence-electron chi connectivity index (χ3n) is 9.18. The van der Waals surface area contributed by atoms with E-state index in [0.717, 1.165) is 49.9 Å². The number of ether oxygens (including phenoxy) is 1. The van der Waals surface area contributed by atoms with Crippen molar-refractivity contribution < 1.29 is 13.9 Å². The van der Waals surface area contributed by atoms with Gasteiger partial charge in [-0.1, -0.05) is 78.1 Å². The highest BCUT2D eigenvalue weighted by Crippen LogP contribution is 2.43. The monoisotopic (exact) mass is 450 g/mol. The first-order valence-corrected chi connectivity index (χ1v) is 14.4. The lowest BCUT2D eigenvalue weighted by atomic mass is 9.68. The molecule has 3 heteroatoms. The maximum Gasteiger partial charge on any atom is 0.309 e. The molecule has 0 aromatic carbocycles. The van der Waals surface area contributed by atoms with Crippen molar-refractivity contribution >= 4 is 5.97 Å². The zero-order chi connectivity index (χ0) is 22.8. The molecule has 3 atom stereocenters. The molecule has 0 bridgehead atoms. The van der Waals surface area contributed by atoms with E-state index in [4.69, 9.17) is 4.74 Å². The molecule has 0 radical (unpaired) electrons. The molecule has 0 N–H and O–H groups in total. The van der Waals surface area contributed by atoms with E-state index in [1.165, 1.54) is 83.5 Å². The third kappa shape index (κ3) is 8.01. The molecule has 3 aliphatic carbocycles. The smallest absolute Gasteiger partial charge is 0.309 e. The van der Waals surface area contributed by atoms with Gasteiger partial charge in [0.2, 0.25) is 0 Å². The fraction of sp³-hybridized carbons (Fsp3) is 0.966. The summed E-state index contributed by atoms with van der Waals surface area (Å²) in [6.45, 7) is 4.50. The lowest BCUT2D eigenvalue weighted by Gasteiger charge is -2.38. The van der Waals surface area contributed by atoms with Gasteiger partial charge >= 0.3 is 5.97 Å². The van der Waals surface area contributed by atoms with Gasteiger partial charge in [-0.25, -0.2) is 4.39 Å². The van der Waals surface area contributed by atoms with E-state index < -0.39 is 12.3 Å². The highest BCUT2D eigenvalue weighted by Gasteiger charge is 2.37. The Balaban J connectivity index is 1.32. The summed E-state index contributed by atoms with van der Waals surface area (Å²) in [6.07, 6.45) is 21.2. The topological polar surface area (TPSA) is 26.3 Å². The van der Waals surface area contributed by atoms with Crippen LogP contribution in [0.1, 0.15) is 136 Å². The molecule has 3 fully saturated rings. The second-order valence-electron chi connectivity index (χ2n) is 11.6. The van der Waals surface area contributed by atoms with Crippen molar-refractivity contribution in [2.24, 2.45) is 29.6 Å². The average molecular weight is 451 g/mol. The summed E-state index contributed by atoms with van der Waals surface area (Å²) in [5.41, 5.74) is 0. The van der Waals surface area contributed by atoms with E-state index in [0.29, 0.717) is 12.3 Å². The Bertz CT molecular complexity index is 519. The third-order valence-corrected chi connectivity index (χ3v) is 9.18. The number of hydrogen-bond acceptors (Lipinski definition) is 2. The fourth-order valence-corrected chi connectivity index (χ4v) is 6.95. The quantitative estimate of drug-likeness (QED) is 0.232. The highest BCUT2D eigenvalue weighted by molar-refractivity contribution is 5.72. The average Bonchev–Trinajstić information content (AvgIpc) is 2.82. The van der Waals surface area contributed by atoms with Gasteiger partial charge in [0.1, 0.15) is 12.3 Å². The highest BCUT2D eigenvalue weighted by atomic mass is 19.1. The Morgan fingerprint density at radius 3 is 1.81 bits per heavy atom. The van der Waals surface area contributed by atoms with Crippen LogP contribution >= 0.6 is 0 Å². The van der Waals surface area contributed by atoms with Crippen molar-refractivity contribution in [3.8, 4) is 0 Å². The van der Waals surface area contributed by atoms with Gasteiger partial charge in [-0.3, -0.25) is 4.79 Å². The maximum atomic E-state index is 14.7. The molecule has 3 unspecified atom stereocenters. The fourth-order valence-electron chi connectivity index (χ4n) is 6.95. The molecule has 0 spiro atoms. The lowest BCUT2D eigenvalue weighted by molar-refractivity contribution is -0.162. The number of unbranched alkanes of at least 4 members (excludes halogenated alkanes) is 4. The van der Waals surface area contributed by atoms with Gasteiger partial charge in [-0.15, -0.1) is 0 Å². The van der Waals surface area contributed by atoms with Crippen LogP contribution in [0.3, 0.4) is 0 Å². The molecular formula is C29H51FO2. The van der Waals surface area contributed by atoms with Crippen molar-refractivity contribution in [1.29, 1.82) is 0 Å². The lowest BCUT2D eigenvalue weighted by Crippen LogP contribution is -2.37. The maximum absolute atomic E-state index is 14.7. The summed E-state index contributed by atoms with van der Waals surface area (Å²) in [5.74, 6) is 3.07. The van der Waals surface area contributed by atoms with Crippen LogP contribution in [-0.4, -0.2) is 18.2 Å². The van der Waals surface area contributed by atoms with Gasteiger partial charge in [0.15, 0.2) is 0 Å². The summed E-state index contributed by atoms with van der Waals surface area (Å²) in [6, 6.07) is 0. The van der Waals surface area contributed by atoms with E-state index in [-0.39, 0.29) is 11.9 Å². The first-order chi connectivity index (χ1) is 15.6. The van der Waals surface area contributed by atoms with Crippen LogP contribution in [0.4, 0.5) is 4.39 Å². The number of carbonyl (C=O) groups is 1. The molecule has 2 nitrogen and oxygen atoms in total. The second kappa shape index (κ2) is 14.0. The van der Waals surface area contributed by atoms with E-state index in [1.54, 1.807) is 0 Å². The van der Waals surface area contributed by atoms with Crippen molar-refractivity contribution in [1.82, 2.24) is 0 Å². The van der Waals surface area contributed by atoms with Gasteiger partial charge in [-0.2, -0.15) is 0 Å². The number of alkyl halides is 1. The van der Waals surface area contributed by atoms with Crippen LogP contribution in [-0.2, 0) is 9.53 Å². The van der Waals surface area contributed by atoms with E-state index in [2.05, 4.69) is 13.8 Å². The van der Waals surface area contributed by atoms with Crippen LogP contribution < -0.4 is 0 Å². The predicted octanol–water partition coefficient (Wildman–Crippen LogP) is 8.81. The summed E-state index contributed by atoms with van der Waals surface area (Å²) < 4.78 is 20.4. The normalized spacial score (nSPS) is 36.0. The first-order valence-electron chi connectivity index (χ1n) is 14.4. The van der Waals surface area contributed by atoms with E-state index in [1.807, 2.05) is 0 Å². The first kappa shape index (κ1) is 26.0. The van der Waals surface area contributed by atoms with Crippen LogP contribution in [0, 0.1) is 29.6 Å². The standard InChI is InChI=1S/C29H51FO2/c1-3-5-7-9-22-11-14-24(15-12-22)25-16-18-26(19-17-25)29(31)32-28-20-13-23(21-27(28)30)10-8-6-4-2/h22-28H,3-21H2,1-2H3. The van der Waals surface area contributed by atoms with Gasteiger partial charge < -0.3 is 4.74 Å². The molecule has 0 aliphatic heterocycles. The summed E-state index contributed by atoms with van der Waals surface area (Å²) in [5, 5.41) is 0. The summed E-state index contributed by atoms with van der Waals surface area (Å²) in [7, 11) is 0. The molecule has 3 aliphatic rings. The van der Waals surface area contributed by atoms with Crippen LogP contribution in [0.15, 0.2) is 0 Å². The molecule has 0 saturated heterocycles. The predicted molar refractivity (Wildman–Crippen MR) is 131 cm³/mol. The minimum atomic E-state index is -0.955. The minimum Gasteiger partial charge on any atom is -0.459 e. The van der Waals surface area contributed by atoms with Crippen molar-refractivity contribution in [2.75, 3.05) is 0 Å². The number of carbonyl (C=O) groups excluding carboxylic acids is 1. The largest absolute Gasteiger partial charge is 0.459 e. The van der Waals surface area contributed by atoms with Gasteiger partial charge in [0, 0.05) is 0 Å². The summed E-state index contributed by atoms with van der Waals surface area (Å²) in [4.78, 5) is 12.8. The van der Waals surface area contributed by atoms with Crippen molar-refractivity contribution in [3.05, 3.63) is 0 Å². The number of rotatable bonds is 11. The van der Waals surface area contributed by atoms with E-state index in [9.17, 15) is 9.18 Å². The number of hydrogen-bond donors (Lipinski definition) is 0. The van der Waals surface area contributed by atoms with Crippen LogP contribution in [0.25, 0.3) is 0 Å². The Labute approximate surface area is 197 Å². The molecule has 186 valence electrons. The van der Waals surface area contributed by atoms with Crippen LogP contribution in [0.2, 0.25) is 0 Å². The van der Waals surface area contributed by atoms with Gasteiger partial charge in [-0.05, 0) is 81.5 Å². The SMILES string of the molecule is CCCCCC1CCC(C2CCC(C(=O)OC3CCC(CCCCC)CC3F)CC2)CC1. The minimum absolute atomic E-state index is 0.0195. The van der Waals surface area contributed by atoms with Crippen molar-refractivity contribution in [2.45, 2.75) is 148 Å². The molecule has 3 rings (SSSR count). The molecule has 0 aromatic rings.